The first-order valence-corrected chi connectivity index (χ1v) is 4.37. The van der Waals surface area contributed by atoms with Gasteiger partial charge in [0, 0.05) is 4.48 Å². The van der Waals surface area contributed by atoms with Crippen LogP contribution in [0.25, 0.3) is 0 Å². The molecular weight excluding hydrogens is 188 g/mol. The van der Waals surface area contributed by atoms with Crippen molar-refractivity contribution in [2.75, 3.05) is 0 Å². The maximum absolute atomic E-state index is 3.50. The van der Waals surface area contributed by atoms with Gasteiger partial charge in [0.1, 0.15) is 0 Å². The lowest BCUT2D eigenvalue weighted by Crippen LogP contribution is -1.89. The SMILES string of the molecule is C/C=C\C(Br)=C(/C)C(C)C. The van der Waals surface area contributed by atoms with Gasteiger partial charge in [0.05, 0.1) is 0 Å². The summed E-state index contributed by atoms with van der Waals surface area (Å²) in [7, 11) is 0. The summed E-state index contributed by atoms with van der Waals surface area (Å²) in [5.41, 5.74) is 1.40. The lowest BCUT2D eigenvalue weighted by Gasteiger charge is -2.05. The predicted octanol–water partition coefficient (Wildman–Crippen LogP) is 3.89. The second kappa shape index (κ2) is 4.73. The molecule has 58 valence electrons. The second-order valence-electron chi connectivity index (χ2n) is 2.69. The molecule has 0 radical (unpaired) electrons. The minimum atomic E-state index is 0.630. The van der Waals surface area contributed by atoms with E-state index in [4.69, 9.17) is 0 Å². The van der Waals surface area contributed by atoms with Crippen molar-refractivity contribution < 1.29 is 0 Å². The largest absolute Gasteiger partial charge is 0.0865 e. The molecule has 0 saturated carbocycles. The van der Waals surface area contributed by atoms with Crippen molar-refractivity contribution >= 4 is 15.9 Å². The van der Waals surface area contributed by atoms with E-state index in [1.54, 1.807) is 0 Å². The van der Waals surface area contributed by atoms with Crippen molar-refractivity contribution in [3.8, 4) is 0 Å². The van der Waals surface area contributed by atoms with Crippen molar-refractivity contribution in [1.82, 2.24) is 0 Å². The van der Waals surface area contributed by atoms with Crippen LogP contribution in [0.15, 0.2) is 22.2 Å². The van der Waals surface area contributed by atoms with Crippen LogP contribution in [0.4, 0.5) is 0 Å². The fraction of sp³-hybridized carbons (Fsp3) is 0.556. The van der Waals surface area contributed by atoms with Crippen LogP contribution in [0.2, 0.25) is 0 Å². The summed E-state index contributed by atoms with van der Waals surface area (Å²) in [6.07, 6.45) is 4.12. The minimum Gasteiger partial charge on any atom is -0.0865 e. The Labute approximate surface area is 72.1 Å². The van der Waals surface area contributed by atoms with Gasteiger partial charge >= 0.3 is 0 Å². The van der Waals surface area contributed by atoms with Gasteiger partial charge in [0.25, 0.3) is 0 Å². The molecule has 0 saturated heterocycles. The van der Waals surface area contributed by atoms with Crippen LogP contribution in [0, 0.1) is 5.92 Å². The van der Waals surface area contributed by atoms with E-state index >= 15 is 0 Å². The molecule has 1 heteroatoms. The number of hydrogen-bond donors (Lipinski definition) is 0. The monoisotopic (exact) mass is 202 g/mol. The third-order valence-electron chi connectivity index (χ3n) is 1.56. The third kappa shape index (κ3) is 3.21. The van der Waals surface area contributed by atoms with E-state index < -0.39 is 0 Å². The van der Waals surface area contributed by atoms with Gasteiger partial charge in [-0.15, -0.1) is 0 Å². The Hall–Kier alpha value is -0.0400. The topological polar surface area (TPSA) is 0 Å². The molecule has 0 aromatic carbocycles. The fourth-order valence-electron chi connectivity index (χ4n) is 0.554. The summed E-state index contributed by atoms with van der Waals surface area (Å²) in [5.74, 6) is 0.630. The average molecular weight is 203 g/mol. The lowest BCUT2D eigenvalue weighted by atomic mass is 10.1. The van der Waals surface area contributed by atoms with Gasteiger partial charge in [-0.25, -0.2) is 0 Å². The molecule has 0 fully saturated rings. The van der Waals surface area contributed by atoms with Gasteiger partial charge in [-0.1, -0.05) is 47.5 Å². The lowest BCUT2D eigenvalue weighted by molar-refractivity contribution is 0.768. The van der Waals surface area contributed by atoms with Crippen LogP contribution in [0.1, 0.15) is 27.7 Å². The molecule has 0 bridgehead atoms. The summed E-state index contributed by atoms with van der Waals surface area (Å²) in [5, 5.41) is 0. The quantitative estimate of drug-likeness (QED) is 0.597. The molecule has 0 aliphatic carbocycles. The summed E-state index contributed by atoms with van der Waals surface area (Å²) >= 11 is 3.50. The van der Waals surface area contributed by atoms with Gasteiger partial charge < -0.3 is 0 Å². The number of hydrogen-bond acceptors (Lipinski definition) is 0. The fourth-order valence-corrected chi connectivity index (χ4v) is 1.28. The number of halogens is 1. The molecule has 0 aliphatic rings. The van der Waals surface area contributed by atoms with E-state index in [2.05, 4.69) is 42.8 Å². The molecule has 0 aliphatic heterocycles. The van der Waals surface area contributed by atoms with Gasteiger partial charge in [-0.3, -0.25) is 0 Å². The van der Waals surface area contributed by atoms with E-state index in [1.165, 1.54) is 10.1 Å². The highest BCUT2D eigenvalue weighted by molar-refractivity contribution is 9.11. The Morgan fingerprint density at radius 3 is 2.20 bits per heavy atom. The molecule has 0 amide bonds. The molecule has 0 unspecified atom stereocenters. The van der Waals surface area contributed by atoms with Crippen molar-refractivity contribution in [2.24, 2.45) is 5.92 Å². The highest BCUT2D eigenvalue weighted by atomic mass is 79.9. The summed E-state index contributed by atoms with van der Waals surface area (Å²) < 4.78 is 1.21. The van der Waals surface area contributed by atoms with E-state index in [1.807, 2.05) is 13.0 Å². The van der Waals surface area contributed by atoms with Gasteiger partial charge in [0.2, 0.25) is 0 Å². The highest BCUT2D eigenvalue weighted by Crippen LogP contribution is 2.19. The van der Waals surface area contributed by atoms with Crippen LogP contribution in [-0.2, 0) is 0 Å². The smallest absolute Gasteiger partial charge is 0.0163 e. The van der Waals surface area contributed by atoms with Crippen LogP contribution in [0.5, 0.6) is 0 Å². The van der Waals surface area contributed by atoms with E-state index in [0.717, 1.165) is 0 Å². The zero-order valence-corrected chi connectivity index (χ0v) is 8.70. The Morgan fingerprint density at radius 2 is 1.90 bits per heavy atom. The highest BCUT2D eigenvalue weighted by Gasteiger charge is 1.98. The zero-order valence-electron chi connectivity index (χ0n) is 7.11. The molecule has 0 heterocycles. The van der Waals surface area contributed by atoms with E-state index in [9.17, 15) is 0 Å². The zero-order chi connectivity index (χ0) is 8.15. The molecule has 0 spiro atoms. The molecule has 0 aromatic rings. The summed E-state index contributed by atoms with van der Waals surface area (Å²) in [4.78, 5) is 0. The summed E-state index contributed by atoms with van der Waals surface area (Å²) in [6.45, 7) is 8.56. The van der Waals surface area contributed by atoms with Crippen LogP contribution in [-0.4, -0.2) is 0 Å². The average Bonchev–Trinajstić information content (AvgIpc) is 1.87. The first kappa shape index (κ1) is 9.96. The predicted molar refractivity (Wildman–Crippen MR) is 51.3 cm³/mol. The second-order valence-corrected chi connectivity index (χ2v) is 3.54. The standard InChI is InChI=1S/C9H15Br/c1-5-6-9(10)8(4)7(2)3/h5-7H,1-4H3/b6-5-,9-8-. The van der Waals surface area contributed by atoms with Gasteiger partial charge in [0.15, 0.2) is 0 Å². The minimum absolute atomic E-state index is 0.630. The van der Waals surface area contributed by atoms with E-state index in [-0.39, 0.29) is 0 Å². The number of rotatable bonds is 2. The maximum atomic E-state index is 3.50. The normalized spacial score (nSPS) is 14.6. The molecule has 0 aromatic heterocycles. The van der Waals surface area contributed by atoms with Gasteiger partial charge in [-0.2, -0.15) is 0 Å². The Morgan fingerprint density at radius 1 is 1.40 bits per heavy atom. The Kier molecular flexibility index (Phi) is 4.71. The van der Waals surface area contributed by atoms with Crippen molar-refractivity contribution in [3.63, 3.8) is 0 Å². The van der Waals surface area contributed by atoms with Crippen LogP contribution < -0.4 is 0 Å². The van der Waals surface area contributed by atoms with E-state index in [0.29, 0.717) is 5.92 Å². The Bertz CT molecular complexity index is 152. The molecule has 0 N–H and O–H groups in total. The van der Waals surface area contributed by atoms with Crippen LogP contribution >= 0.6 is 15.9 Å². The maximum Gasteiger partial charge on any atom is 0.0163 e. The first-order valence-electron chi connectivity index (χ1n) is 3.58. The van der Waals surface area contributed by atoms with Crippen molar-refractivity contribution in [2.45, 2.75) is 27.7 Å². The van der Waals surface area contributed by atoms with Gasteiger partial charge in [-0.05, 0) is 19.8 Å². The van der Waals surface area contributed by atoms with Crippen molar-refractivity contribution in [1.29, 1.82) is 0 Å². The summed E-state index contributed by atoms with van der Waals surface area (Å²) in [6, 6.07) is 0. The molecule has 0 atom stereocenters. The third-order valence-corrected chi connectivity index (χ3v) is 2.45. The first-order chi connectivity index (χ1) is 4.59. The molecule has 0 rings (SSSR count). The Balaban J connectivity index is 4.34. The number of allylic oxidation sites excluding steroid dienone is 4. The molecular formula is C9H15Br. The van der Waals surface area contributed by atoms with Crippen LogP contribution in [0.3, 0.4) is 0 Å². The molecule has 10 heavy (non-hydrogen) atoms. The van der Waals surface area contributed by atoms with Crippen molar-refractivity contribution in [3.05, 3.63) is 22.2 Å². The molecule has 0 nitrogen and oxygen atoms in total.